The van der Waals surface area contributed by atoms with Gasteiger partial charge in [-0.3, -0.25) is 9.59 Å². The van der Waals surface area contributed by atoms with E-state index in [1.165, 1.54) is 13.0 Å². The Kier molecular flexibility index (Phi) is 4.94. The molecular weight excluding hydrogens is 271 g/mol. The second kappa shape index (κ2) is 6.70. The lowest BCUT2D eigenvalue weighted by atomic mass is 9.96. The van der Waals surface area contributed by atoms with Crippen molar-refractivity contribution in [2.45, 2.75) is 26.7 Å². The highest BCUT2D eigenvalue weighted by Crippen LogP contribution is 2.20. The van der Waals surface area contributed by atoms with Crippen LogP contribution in [0.4, 0.5) is 4.39 Å². The number of benzene rings is 1. The summed E-state index contributed by atoms with van der Waals surface area (Å²) in [7, 11) is 0. The SMILES string of the molecule is CC(=O)NCC1CCN(C(=O)c2ccc(C)cc2F)CC1. The van der Waals surface area contributed by atoms with E-state index in [-0.39, 0.29) is 17.4 Å². The van der Waals surface area contributed by atoms with Crippen molar-refractivity contribution in [2.75, 3.05) is 19.6 Å². The number of amides is 2. The van der Waals surface area contributed by atoms with E-state index in [0.29, 0.717) is 25.6 Å². The molecule has 1 heterocycles. The topological polar surface area (TPSA) is 49.4 Å². The molecule has 5 heteroatoms. The van der Waals surface area contributed by atoms with Crippen LogP contribution in [-0.2, 0) is 4.79 Å². The molecule has 114 valence electrons. The molecule has 0 spiro atoms. The number of likely N-dealkylation sites (tertiary alicyclic amines) is 1. The van der Waals surface area contributed by atoms with E-state index in [1.807, 2.05) is 0 Å². The molecule has 0 radical (unpaired) electrons. The lowest BCUT2D eigenvalue weighted by Gasteiger charge is -2.32. The number of rotatable bonds is 3. The van der Waals surface area contributed by atoms with E-state index in [1.54, 1.807) is 24.0 Å². The first-order valence-electron chi connectivity index (χ1n) is 7.27. The summed E-state index contributed by atoms with van der Waals surface area (Å²) < 4.78 is 13.8. The van der Waals surface area contributed by atoms with Crippen LogP contribution in [0.3, 0.4) is 0 Å². The predicted octanol–water partition coefficient (Wildman–Crippen LogP) is 2.12. The van der Waals surface area contributed by atoms with Crippen molar-refractivity contribution in [3.8, 4) is 0 Å². The summed E-state index contributed by atoms with van der Waals surface area (Å²) in [4.78, 5) is 24.9. The highest BCUT2D eigenvalue weighted by atomic mass is 19.1. The Morgan fingerprint density at radius 3 is 2.57 bits per heavy atom. The third kappa shape index (κ3) is 4.03. The van der Waals surface area contributed by atoms with Crippen molar-refractivity contribution in [3.05, 3.63) is 35.1 Å². The Hall–Kier alpha value is -1.91. The van der Waals surface area contributed by atoms with Crippen LogP contribution in [0.25, 0.3) is 0 Å². The average Bonchev–Trinajstić information content (AvgIpc) is 2.45. The summed E-state index contributed by atoms with van der Waals surface area (Å²) in [6, 6.07) is 4.69. The molecule has 0 aliphatic carbocycles. The molecule has 1 aromatic rings. The van der Waals surface area contributed by atoms with Crippen LogP contribution in [0.1, 0.15) is 35.7 Å². The molecule has 1 fully saturated rings. The average molecular weight is 292 g/mol. The van der Waals surface area contributed by atoms with Crippen LogP contribution < -0.4 is 5.32 Å². The summed E-state index contributed by atoms with van der Waals surface area (Å²) in [6.45, 7) is 5.16. The molecule has 2 rings (SSSR count). The van der Waals surface area contributed by atoms with Crippen LogP contribution in [0.15, 0.2) is 18.2 Å². The van der Waals surface area contributed by atoms with Gasteiger partial charge in [0.15, 0.2) is 0 Å². The Labute approximate surface area is 124 Å². The van der Waals surface area contributed by atoms with Gasteiger partial charge in [0.25, 0.3) is 5.91 Å². The minimum Gasteiger partial charge on any atom is -0.356 e. The van der Waals surface area contributed by atoms with Crippen LogP contribution >= 0.6 is 0 Å². The van der Waals surface area contributed by atoms with Gasteiger partial charge in [-0.25, -0.2) is 4.39 Å². The Bertz CT molecular complexity index is 537. The number of hydrogen-bond donors (Lipinski definition) is 1. The van der Waals surface area contributed by atoms with Crippen LogP contribution in [0, 0.1) is 18.7 Å². The number of nitrogens with one attached hydrogen (secondary N) is 1. The zero-order valence-electron chi connectivity index (χ0n) is 12.5. The molecule has 21 heavy (non-hydrogen) atoms. The Balaban J connectivity index is 1.92. The maximum atomic E-state index is 13.8. The van der Waals surface area contributed by atoms with Gasteiger partial charge in [0.05, 0.1) is 5.56 Å². The van der Waals surface area contributed by atoms with Gasteiger partial charge in [0.2, 0.25) is 5.91 Å². The first kappa shape index (κ1) is 15.5. The number of hydrogen-bond acceptors (Lipinski definition) is 2. The van der Waals surface area contributed by atoms with Gasteiger partial charge < -0.3 is 10.2 Å². The molecular formula is C16H21FN2O2. The van der Waals surface area contributed by atoms with E-state index >= 15 is 0 Å². The molecule has 1 N–H and O–H groups in total. The normalized spacial score (nSPS) is 15.9. The number of nitrogens with zero attached hydrogens (tertiary/aromatic N) is 1. The first-order valence-corrected chi connectivity index (χ1v) is 7.27. The number of halogens is 1. The third-order valence-electron chi connectivity index (χ3n) is 3.90. The molecule has 0 unspecified atom stereocenters. The van der Waals surface area contributed by atoms with Gasteiger partial charge in [0.1, 0.15) is 5.82 Å². The van der Waals surface area contributed by atoms with Crippen molar-refractivity contribution in [3.63, 3.8) is 0 Å². The Morgan fingerprint density at radius 1 is 1.33 bits per heavy atom. The second-order valence-corrected chi connectivity index (χ2v) is 5.66. The van der Waals surface area contributed by atoms with Crippen molar-refractivity contribution in [1.82, 2.24) is 10.2 Å². The van der Waals surface area contributed by atoms with Crippen LogP contribution in [-0.4, -0.2) is 36.3 Å². The summed E-state index contributed by atoms with van der Waals surface area (Å²) in [6.07, 6.45) is 1.67. The van der Waals surface area contributed by atoms with Crippen molar-refractivity contribution >= 4 is 11.8 Å². The maximum absolute atomic E-state index is 13.8. The minimum atomic E-state index is -0.458. The minimum absolute atomic E-state index is 0.0322. The van der Waals surface area contributed by atoms with Crippen LogP contribution in [0.5, 0.6) is 0 Å². The summed E-state index contributed by atoms with van der Waals surface area (Å²) >= 11 is 0. The van der Waals surface area contributed by atoms with Crippen molar-refractivity contribution in [2.24, 2.45) is 5.92 Å². The van der Waals surface area contributed by atoms with Gasteiger partial charge in [0, 0.05) is 26.6 Å². The quantitative estimate of drug-likeness (QED) is 0.927. The largest absolute Gasteiger partial charge is 0.356 e. The fourth-order valence-electron chi connectivity index (χ4n) is 2.59. The van der Waals surface area contributed by atoms with E-state index in [2.05, 4.69) is 5.32 Å². The highest BCUT2D eigenvalue weighted by Gasteiger charge is 2.25. The lowest BCUT2D eigenvalue weighted by molar-refractivity contribution is -0.119. The number of carbonyl (C=O) groups is 2. The third-order valence-corrected chi connectivity index (χ3v) is 3.90. The molecule has 2 amide bonds. The fourth-order valence-corrected chi connectivity index (χ4v) is 2.59. The molecule has 0 aromatic heterocycles. The molecule has 0 bridgehead atoms. The second-order valence-electron chi connectivity index (χ2n) is 5.66. The molecule has 4 nitrogen and oxygen atoms in total. The monoisotopic (exact) mass is 292 g/mol. The van der Waals surface area contributed by atoms with Gasteiger partial charge in [-0.05, 0) is 43.4 Å². The maximum Gasteiger partial charge on any atom is 0.256 e. The zero-order valence-corrected chi connectivity index (χ0v) is 12.5. The van der Waals surface area contributed by atoms with E-state index in [4.69, 9.17) is 0 Å². The lowest BCUT2D eigenvalue weighted by Crippen LogP contribution is -2.41. The highest BCUT2D eigenvalue weighted by molar-refractivity contribution is 5.94. The van der Waals surface area contributed by atoms with Gasteiger partial charge in [-0.2, -0.15) is 0 Å². The van der Waals surface area contributed by atoms with Gasteiger partial charge >= 0.3 is 0 Å². The van der Waals surface area contributed by atoms with E-state index in [9.17, 15) is 14.0 Å². The molecule has 1 saturated heterocycles. The summed E-state index contributed by atoms with van der Waals surface area (Å²) in [5, 5.41) is 2.80. The zero-order chi connectivity index (χ0) is 15.4. The molecule has 1 aromatic carbocycles. The van der Waals surface area contributed by atoms with Crippen LogP contribution in [0.2, 0.25) is 0 Å². The van der Waals surface area contributed by atoms with E-state index in [0.717, 1.165) is 18.4 Å². The van der Waals surface area contributed by atoms with Crippen molar-refractivity contribution < 1.29 is 14.0 Å². The number of carbonyl (C=O) groups excluding carboxylic acids is 2. The number of aryl methyl sites for hydroxylation is 1. The first-order chi connectivity index (χ1) is 9.97. The van der Waals surface area contributed by atoms with E-state index < -0.39 is 5.82 Å². The smallest absolute Gasteiger partial charge is 0.256 e. The molecule has 1 aliphatic rings. The fraction of sp³-hybridized carbons (Fsp3) is 0.500. The van der Waals surface area contributed by atoms with Crippen molar-refractivity contribution in [1.29, 1.82) is 0 Å². The van der Waals surface area contributed by atoms with Gasteiger partial charge in [-0.15, -0.1) is 0 Å². The number of piperidine rings is 1. The standard InChI is InChI=1S/C16H21FN2O2/c1-11-3-4-14(15(17)9-11)16(21)19-7-5-13(6-8-19)10-18-12(2)20/h3-4,9,13H,5-8,10H2,1-2H3,(H,18,20). The summed E-state index contributed by atoms with van der Waals surface area (Å²) in [5.74, 6) is -0.345. The molecule has 1 aliphatic heterocycles. The predicted molar refractivity (Wildman–Crippen MR) is 78.4 cm³/mol. The Morgan fingerprint density at radius 2 is 2.00 bits per heavy atom. The molecule has 0 atom stereocenters. The van der Waals surface area contributed by atoms with Gasteiger partial charge in [-0.1, -0.05) is 6.07 Å². The molecule has 0 saturated carbocycles. The summed E-state index contributed by atoms with van der Waals surface area (Å²) in [5.41, 5.74) is 0.943.